The summed E-state index contributed by atoms with van der Waals surface area (Å²) in [4.78, 5) is 10.8. The van der Waals surface area contributed by atoms with Crippen LogP contribution in [0.2, 0.25) is 0 Å². The van der Waals surface area contributed by atoms with Crippen molar-refractivity contribution < 1.29 is 0 Å². The Morgan fingerprint density at radius 2 is 1.54 bits per heavy atom. The molecule has 3 rings (SSSR count). The number of likely N-dealkylation sites (tertiary alicyclic amines) is 2. The summed E-state index contributed by atoms with van der Waals surface area (Å²) in [5.41, 5.74) is 0. The Bertz CT molecular complexity index is 357. The van der Waals surface area contributed by atoms with Gasteiger partial charge in [0.15, 0.2) is 0 Å². The molecule has 0 bridgehead atoms. The summed E-state index contributed by atoms with van der Waals surface area (Å²) >= 11 is 0. The van der Waals surface area contributed by atoms with Crippen molar-refractivity contribution in [2.24, 2.45) is 5.92 Å². The quantitative estimate of drug-likeness (QED) is 0.763. The third kappa shape index (κ3) is 4.94. The van der Waals surface area contributed by atoms with E-state index in [0.29, 0.717) is 0 Å². The van der Waals surface area contributed by atoms with Gasteiger partial charge in [0.05, 0.1) is 0 Å². The molecule has 0 saturated carbocycles. The highest BCUT2D eigenvalue weighted by atomic mass is 15.3. The van der Waals surface area contributed by atoms with Crippen LogP contribution in [-0.2, 0) is 0 Å². The smallest absolute Gasteiger partial charge is 0.0224 e. The van der Waals surface area contributed by atoms with Gasteiger partial charge in [-0.3, -0.25) is 4.90 Å². The van der Waals surface area contributed by atoms with Crippen molar-refractivity contribution in [2.75, 3.05) is 65.4 Å². The van der Waals surface area contributed by atoms with E-state index in [1.165, 1.54) is 91.1 Å². The minimum Gasteiger partial charge on any atom is -0.302 e. The topological polar surface area (TPSA) is 13.0 Å². The van der Waals surface area contributed by atoms with Crippen LogP contribution >= 0.6 is 0 Å². The van der Waals surface area contributed by atoms with Crippen molar-refractivity contribution in [1.82, 2.24) is 19.6 Å². The predicted octanol–water partition coefficient (Wildman–Crippen LogP) is 2.21. The average molecular weight is 337 g/mol. The normalized spacial score (nSPS) is 30.2. The Hall–Kier alpha value is -0.160. The maximum atomic E-state index is 2.80. The van der Waals surface area contributed by atoms with E-state index in [0.717, 1.165) is 18.0 Å². The molecule has 1 unspecified atom stereocenters. The third-order valence-corrected chi connectivity index (χ3v) is 6.75. The highest BCUT2D eigenvalue weighted by molar-refractivity contribution is 4.86. The SMILES string of the molecule is CCN1CCN(C2CCCN(CC3CCN(C(C)C)CC3)C2)CC1. The third-order valence-electron chi connectivity index (χ3n) is 6.75. The second kappa shape index (κ2) is 8.98. The zero-order valence-electron chi connectivity index (χ0n) is 16.4. The zero-order chi connectivity index (χ0) is 16.9. The zero-order valence-corrected chi connectivity index (χ0v) is 16.4. The standard InChI is InChI=1S/C20H40N4/c1-4-21-12-14-24(15-13-21)20-6-5-9-22(17-20)16-19-7-10-23(11-8-19)18(2)3/h18-20H,4-17H2,1-3H3. The molecule has 0 aliphatic carbocycles. The van der Waals surface area contributed by atoms with Gasteiger partial charge in [-0.05, 0) is 71.6 Å². The molecule has 0 aromatic rings. The lowest BCUT2D eigenvalue weighted by molar-refractivity contribution is 0.0423. The van der Waals surface area contributed by atoms with E-state index >= 15 is 0 Å². The first-order chi connectivity index (χ1) is 11.7. The Kier molecular flexibility index (Phi) is 6.97. The fraction of sp³-hybridized carbons (Fsp3) is 1.00. The number of hydrogen-bond donors (Lipinski definition) is 0. The minimum absolute atomic E-state index is 0.729. The van der Waals surface area contributed by atoms with Gasteiger partial charge in [0, 0.05) is 51.4 Å². The number of hydrogen-bond acceptors (Lipinski definition) is 4. The molecule has 0 amide bonds. The number of piperazine rings is 1. The fourth-order valence-corrected chi connectivity index (χ4v) is 4.96. The molecule has 3 saturated heterocycles. The van der Waals surface area contributed by atoms with Crippen molar-refractivity contribution >= 4 is 0 Å². The first-order valence-electron chi connectivity index (χ1n) is 10.6. The van der Waals surface area contributed by atoms with Crippen LogP contribution in [0.1, 0.15) is 46.5 Å². The molecular formula is C20H40N4. The summed E-state index contributed by atoms with van der Waals surface area (Å²) in [7, 11) is 0. The van der Waals surface area contributed by atoms with Gasteiger partial charge in [-0.25, -0.2) is 0 Å². The highest BCUT2D eigenvalue weighted by Gasteiger charge is 2.29. The lowest BCUT2D eigenvalue weighted by Crippen LogP contribution is -2.55. The largest absolute Gasteiger partial charge is 0.302 e. The summed E-state index contributed by atoms with van der Waals surface area (Å²) in [6, 6.07) is 1.56. The number of nitrogens with zero attached hydrogens (tertiary/aromatic N) is 4. The van der Waals surface area contributed by atoms with Crippen molar-refractivity contribution in [1.29, 1.82) is 0 Å². The summed E-state index contributed by atoms with van der Waals surface area (Å²) in [6.45, 7) is 20.0. The van der Waals surface area contributed by atoms with Gasteiger partial charge >= 0.3 is 0 Å². The van der Waals surface area contributed by atoms with Crippen LogP contribution in [-0.4, -0.2) is 97.1 Å². The molecule has 0 spiro atoms. The van der Waals surface area contributed by atoms with Crippen LogP contribution in [0.5, 0.6) is 0 Å². The molecule has 3 aliphatic rings. The van der Waals surface area contributed by atoms with Gasteiger partial charge in [-0.2, -0.15) is 0 Å². The van der Waals surface area contributed by atoms with Gasteiger partial charge < -0.3 is 14.7 Å². The molecule has 3 aliphatic heterocycles. The van der Waals surface area contributed by atoms with E-state index in [2.05, 4.69) is 40.4 Å². The molecule has 1 atom stereocenters. The van der Waals surface area contributed by atoms with Gasteiger partial charge in [-0.15, -0.1) is 0 Å². The van der Waals surface area contributed by atoms with E-state index in [1.807, 2.05) is 0 Å². The molecule has 3 heterocycles. The van der Waals surface area contributed by atoms with E-state index in [1.54, 1.807) is 0 Å². The molecule has 0 aromatic carbocycles. The van der Waals surface area contributed by atoms with E-state index in [-0.39, 0.29) is 0 Å². The van der Waals surface area contributed by atoms with Crippen LogP contribution in [0.4, 0.5) is 0 Å². The van der Waals surface area contributed by atoms with E-state index in [9.17, 15) is 0 Å². The molecule has 4 nitrogen and oxygen atoms in total. The Morgan fingerprint density at radius 3 is 2.17 bits per heavy atom. The summed E-state index contributed by atoms with van der Waals surface area (Å²) in [6.07, 6.45) is 5.65. The summed E-state index contributed by atoms with van der Waals surface area (Å²) < 4.78 is 0. The van der Waals surface area contributed by atoms with E-state index < -0.39 is 0 Å². The van der Waals surface area contributed by atoms with Crippen LogP contribution in [0.15, 0.2) is 0 Å². The van der Waals surface area contributed by atoms with Crippen molar-refractivity contribution in [3.8, 4) is 0 Å². The number of rotatable bonds is 5. The monoisotopic (exact) mass is 336 g/mol. The lowest BCUT2D eigenvalue weighted by Gasteiger charge is -2.44. The molecule has 0 radical (unpaired) electrons. The summed E-state index contributed by atoms with van der Waals surface area (Å²) in [5, 5.41) is 0. The lowest BCUT2D eigenvalue weighted by atomic mass is 9.94. The van der Waals surface area contributed by atoms with Crippen molar-refractivity contribution in [3.63, 3.8) is 0 Å². The van der Waals surface area contributed by atoms with Crippen molar-refractivity contribution in [2.45, 2.75) is 58.5 Å². The molecular weight excluding hydrogens is 296 g/mol. The second-order valence-electron chi connectivity index (χ2n) is 8.60. The summed E-state index contributed by atoms with van der Waals surface area (Å²) in [5.74, 6) is 0.940. The minimum atomic E-state index is 0.729. The highest BCUT2D eigenvalue weighted by Crippen LogP contribution is 2.23. The number of likely N-dealkylation sites (N-methyl/N-ethyl adjacent to an activating group) is 1. The van der Waals surface area contributed by atoms with Crippen LogP contribution in [0.3, 0.4) is 0 Å². The molecule has 3 fully saturated rings. The first kappa shape index (κ1) is 18.6. The van der Waals surface area contributed by atoms with E-state index in [4.69, 9.17) is 0 Å². The molecule has 24 heavy (non-hydrogen) atoms. The fourth-order valence-electron chi connectivity index (χ4n) is 4.96. The maximum Gasteiger partial charge on any atom is 0.0224 e. The predicted molar refractivity (Wildman–Crippen MR) is 103 cm³/mol. The van der Waals surface area contributed by atoms with Gasteiger partial charge in [0.2, 0.25) is 0 Å². The molecule has 140 valence electrons. The van der Waals surface area contributed by atoms with Gasteiger partial charge in [0.25, 0.3) is 0 Å². The average Bonchev–Trinajstić information content (AvgIpc) is 2.62. The Morgan fingerprint density at radius 1 is 0.833 bits per heavy atom. The van der Waals surface area contributed by atoms with Gasteiger partial charge in [-0.1, -0.05) is 6.92 Å². The number of piperidine rings is 2. The molecule has 0 N–H and O–H groups in total. The maximum absolute atomic E-state index is 2.80. The van der Waals surface area contributed by atoms with Crippen LogP contribution in [0, 0.1) is 5.92 Å². The molecule has 0 aromatic heterocycles. The second-order valence-corrected chi connectivity index (χ2v) is 8.60. The molecule has 4 heteroatoms. The Labute approximate surface area is 150 Å². The van der Waals surface area contributed by atoms with Crippen molar-refractivity contribution in [3.05, 3.63) is 0 Å². The van der Waals surface area contributed by atoms with Crippen LogP contribution in [0.25, 0.3) is 0 Å². The van der Waals surface area contributed by atoms with Gasteiger partial charge in [0.1, 0.15) is 0 Å². The van der Waals surface area contributed by atoms with Crippen LogP contribution < -0.4 is 0 Å². The Balaban J connectivity index is 1.41. The first-order valence-corrected chi connectivity index (χ1v) is 10.6.